The summed E-state index contributed by atoms with van der Waals surface area (Å²) in [5.74, 6) is -13.1. The molecule has 0 saturated carbocycles. The number of carbonyl (C=O) groups excluding carboxylic acids is 1. The Morgan fingerprint density at radius 3 is 1.48 bits per heavy atom. The van der Waals surface area contributed by atoms with E-state index in [4.69, 9.17) is 0 Å². The van der Waals surface area contributed by atoms with Gasteiger partial charge in [-0.1, -0.05) is 41.5 Å². The average molecular weight is 382 g/mol. The topological polar surface area (TPSA) is 26.3 Å². The Kier molecular flexibility index (Phi) is 6.34. The summed E-state index contributed by atoms with van der Waals surface area (Å²) in [6, 6.07) is 0. The summed E-state index contributed by atoms with van der Waals surface area (Å²) in [5.41, 5.74) is -2.62. The van der Waals surface area contributed by atoms with Crippen LogP contribution in [0.15, 0.2) is 0 Å². The fourth-order valence-electron chi connectivity index (χ4n) is 2.32. The van der Waals surface area contributed by atoms with Gasteiger partial charge < -0.3 is 4.74 Å². The third-order valence-electron chi connectivity index (χ3n) is 4.19. The van der Waals surface area contributed by atoms with Crippen LogP contribution in [-0.2, 0) is 9.53 Å². The zero-order valence-corrected chi connectivity index (χ0v) is 15.4. The van der Waals surface area contributed by atoms with E-state index in [9.17, 15) is 35.5 Å². The fraction of sp³-hybridized carbons (Fsp3) is 0.938. The van der Waals surface area contributed by atoms with E-state index in [2.05, 4.69) is 4.74 Å². The first kappa shape index (κ1) is 24.0. The Morgan fingerprint density at radius 1 is 0.800 bits per heavy atom. The highest BCUT2D eigenvalue weighted by atomic mass is 19.4. The molecule has 9 heteroatoms. The van der Waals surface area contributed by atoms with Gasteiger partial charge in [0.05, 0.1) is 5.41 Å². The lowest BCUT2D eigenvalue weighted by atomic mass is 9.61. The first-order chi connectivity index (χ1) is 10.6. The van der Waals surface area contributed by atoms with Crippen LogP contribution in [-0.4, -0.2) is 30.6 Å². The lowest BCUT2D eigenvalue weighted by Gasteiger charge is -2.43. The Hall–Kier alpha value is -1.02. The third kappa shape index (κ3) is 5.23. The Morgan fingerprint density at radius 2 is 1.20 bits per heavy atom. The molecule has 1 unspecified atom stereocenters. The molecule has 0 spiro atoms. The van der Waals surface area contributed by atoms with Crippen molar-refractivity contribution in [3.05, 3.63) is 0 Å². The molecule has 0 radical (unpaired) electrons. The first-order valence-corrected chi connectivity index (χ1v) is 7.58. The molecule has 0 aromatic carbocycles. The number of ether oxygens (including phenoxy) is 1. The van der Waals surface area contributed by atoms with E-state index in [-0.39, 0.29) is 6.42 Å². The molecule has 0 aromatic heterocycles. The van der Waals surface area contributed by atoms with Gasteiger partial charge in [0.2, 0.25) is 0 Å². The Labute approximate surface area is 143 Å². The van der Waals surface area contributed by atoms with Crippen LogP contribution in [0, 0.1) is 16.2 Å². The van der Waals surface area contributed by atoms with Crippen LogP contribution in [0.25, 0.3) is 0 Å². The van der Waals surface area contributed by atoms with Crippen LogP contribution in [0.4, 0.5) is 30.7 Å². The number of halogens is 7. The number of hydrogen-bond acceptors (Lipinski definition) is 2. The van der Waals surface area contributed by atoms with E-state index in [1.54, 1.807) is 41.5 Å². The number of esters is 1. The summed E-state index contributed by atoms with van der Waals surface area (Å²) in [6.45, 7) is 9.27. The summed E-state index contributed by atoms with van der Waals surface area (Å²) in [7, 11) is 0. The van der Waals surface area contributed by atoms with E-state index in [1.165, 1.54) is 6.92 Å². The maximum atomic E-state index is 13.3. The molecule has 0 aromatic rings. The molecule has 0 aliphatic heterocycles. The van der Waals surface area contributed by atoms with Crippen LogP contribution in [0.3, 0.4) is 0 Å². The van der Waals surface area contributed by atoms with Gasteiger partial charge in [0, 0.05) is 0 Å². The van der Waals surface area contributed by atoms with Crippen molar-refractivity contribution >= 4 is 5.97 Å². The van der Waals surface area contributed by atoms with Gasteiger partial charge in [0.1, 0.15) is 0 Å². The van der Waals surface area contributed by atoms with E-state index in [0.29, 0.717) is 0 Å². The number of alkyl halides is 7. The molecule has 0 N–H and O–H groups in total. The van der Waals surface area contributed by atoms with Crippen molar-refractivity contribution in [3.63, 3.8) is 0 Å². The largest absolute Gasteiger partial charge is 0.460 e. The normalized spacial score (nSPS) is 17.2. The molecule has 1 atom stereocenters. The number of rotatable bonds is 5. The van der Waals surface area contributed by atoms with Crippen LogP contribution < -0.4 is 0 Å². The van der Waals surface area contributed by atoms with Crippen molar-refractivity contribution in [1.29, 1.82) is 0 Å². The molecule has 150 valence electrons. The monoisotopic (exact) mass is 382 g/mol. The zero-order chi connectivity index (χ0) is 20.7. The van der Waals surface area contributed by atoms with Gasteiger partial charge in [-0.3, -0.25) is 4.79 Å². The highest BCUT2D eigenvalue weighted by molar-refractivity contribution is 5.77. The second-order valence-electron chi connectivity index (χ2n) is 8.67. The second-order valence-corrected chi connectivity index (χ2v) is 8.67. The Bertz CT molecular complexity index is 484. The summed E-state index contributed by atoms with van der Waals surface area (Å²) in [4.78, 5) is 12.3. The van der Waals surface area contributed by atoms with E-state index in [1.807, 2.05) is 0 Å². The molecular weight excluding hydrogens is 357 g/mol. The van der Waals surface area contributed by atoms with Gasteiger partial charge in [-0.25, -0.2) is 0 Å². The van der Waals surface area contributed by atoms with Crippen LogP contribution >= 0.6 is 0 Å². The summed E-state index contributed by atoms with van der Waals surface area (Å²) in [6.07, 6.45) is -6.30. The lowest BCUT2D eigenvalue weighted by molar-refractivity contribution is -0.360. The molecule has 0 fully saturated rings. The third-order valence-corrected chi connectivity index (χ3v) is 4.19. The van der Waals surface area contributed by atoms with Gasteiger partial charge >= 0.3 is 24.0 Å². The maximum Gasteiger partial charge on any atom is 0.460 e. The lowest BCUT2D eigenvalue weighted by Crippen LogP contribution is -2.55. The van der Waals surface area contributed by atoms with E-state index in [0.717, 1.165) is 0 Å². The van der Waals surface area contributed by atoms with Gasteiger partial charge in [-0.2, -0.15) is 30.7 Å². The van der Waals surface area contributed by atoms with Gasteiger partial charge in [-0.05, 0) is 24.2 Å². The van der Waals surface area contributed by atoms with Crippen LogP contribution in [0.2, 0.25) is 0 Å². The molecule has 0 aliphatic rings. The molecule has 25 heavy (non-hydrogen) atoms. The van der Waals surface area contributed by atoms with Crippen molar-refractivity contribution in [3.8, 4) is 0 Å². The van der Waals surface area contributed by atoms with Gasteiger partial charge in [0.15, 0.2) is 6.61 Å². The van der Waals surface area contributed by atoms with Crippen molar-refractivity contribution in [2.45, 2.75) is 72.9 Å². The molecule has 0 rings (SSSR count). The number of hydrogen-bond donors (Lipinski definition) is 0. The minimum atomic E-state index is -6.46. The zero-order valence-electron chi connectivity index (χ0n) is 15.4. The smallest absolute Gasteiger partial charge is 0.459 e. The second kappa shape index (κ2) is 6.61. The van der Waals surface area contributed by atoms with Crippen molar-refractivity contribution in [2.75, 3.05) is 6.61 Å². The van der Waals surface area contributed by atoms with Crippen molar-refractivity contribution < 1.29 is 40.3 Å². The standard InChI is InChI=1S/C16H25F7O2/c1-11(2,3)8-13(7,12(4,5)6)10(24)25-9-14(17,18)15(19,20)16(21,22)23/h8-9H2,1-7H3. The summed E-state index contributed by atoms with van der Waals surface area (Å²) < 4.78 is 93.1. The molecule has 0 bridgehead atoms. The van der Waals surface area contributed by atoms with E-state index < -0.39 is 46.8 Å². The molecule has 0 saturated heterocycles. The predicted molar refractivity (Wildman–Crippen MR) is 78.5 cm³/mol. The highest BCUT2D eigenvalue weighted by Crippen LogP contribution is 2.49. The number of carbonyl (C=O) groups is 1. The van der Waals surface area contributed by atoms with Crippen molar-refractivity contribution in [2.24, 2.45) is 16.2 Å². The Balaban J connectivity index is 5.49. The molecule has 0 aliphatic carbocycles. The van der Waals surface area contributed by atoms with Crippen LogP contribution in [0.5, 0.6) is 0 Å². The molecular formula is C16H25F7O2. The average Bonchev–Trinajstić information content (AvgIpc) is 2.30. The summed E-state index contributed by atoms with van der Waals surface area (Å²) >= 11 is 0. The van der Waals surface area contributed by atoms with Gasteiger partial charge in [0.25, 0.3) is 0 Å². The molecule has 2 nitrogen and oxygen atoms in total. The van der Waals surface area contributed by atoms with Gasteiger partial charge in [-0.15, -0.1) is 0 Å². The minimum absolute atomic E-state index is 0.156. The molecule has 0 amide bonds. The van der Waals surface area contributed by atoms with Crippen LogP contribution in [0.1, 0.15) is 54.9 Å². The SMILES string of the molecule is CC(C)(C)CC(C)(C(=O)OCC(F)(F)C(F)(F)C(F)(F)F)C(C)(C)C. The summed E-state index contributed by atoms with van der Waals surface area (Å²) in [5, 5.41) is 0. The highest BCUT2D eigenvalue weighted by Gasteiger charge is 2.73. The first-order valence-electron chi connectivity index (χ1n) is 7.58. The van der Waals surface area contributed by atoms with E-state index >= 15 is 0 Å². The quantitative estimate of drug-likeness (QED) is 0.440. The molecule has 0 heterocycles. The van der Waals surface area contributed by atoms with Crippen molar-refractivity contribution in [1.82, 2.24) is 0 Å². The predicted octanol–water partition coefficient (Wildman–Crippen LogP) is 5.85. The minimum Gasteiger partial charge on any atom is -0.459 e. The maximum absolute atomic E-state index is 13.3. The fourth-order valence-corrected chi connectivity index (χ4v) is 2.32.